The number of ether oxygens (including phenoxy) is 2. The second-order valence-electron chi connectivity index (χ2n) is 5.19. The Labute approximate surface area is 122 Å². The number of rotatable bonds is 10. The largest absolute Gasteiger partial charge is 0.389 e. The minimum atomic E-state index is -0.500. The molecule has 2 N–H and O–H groups in total. The van der Waals surface area contributed by atoms with Gasteiger partial charge in [0.15, 0.2) is 0 Å². The summed E-state index contributed by atoms with van der Waals surface area (Å²) in [6.45, 7) is 7.99. The highest BCUT2D eigenvalue weighted by atomic mass is 16.5. The number of aliphatic hydroxyl groups is 1. The lowest BCUT2D eigenvalue weighted by Gasteiger charge is -2.17. The average Bonchev–Trinajstić information content (AvgIpc) is 2.45. The molecule has 0 fully saturated rings. The number of benzene rings is 1. The van der Waals surface area contributed by atoms with Crippen molar-refractivity contribution in [1.29, 1.82) is 0 Å². The molecule has 0 saturated carbocycles. The van der Waals surface area contributed by atoms with Crippen LogP contribution >= 0.6 is 0 Å². The van der Waals surface area contributed by atoms with Crippen molar-refractivity contribution in [1.82, 2.24) is 5.32 Å². The zero-order chi connectivity index (χ0) is 14.8. The molecule has 114 valence electrons. The predicted octanol–water partition coefficient (Wildman–Crippen LogP) is 2.14. The Morgan fingerprint density at radius 1 is 1.10 bits per heavy atom. The summed E-state index contributed by atoms with van der Waals surface area (Å²) in [5, 5.41) is 13.1. The molecule has 2 unspecified atom stereocenters. The van der Waals surface area contributed by atoms with E-state index >= 15 is 0 Å². The lowest BCUT2D eigenvalue weighted by atomic mass is 10.1. The number of hydrogen-bond donors (Lipinski definition) is 2. The summed E-state index contributed by atoms with van der Waals surface area (Å²) in [5.74, 6) is 0. The van der Waals surface area contributed by atoms with E-state index in [9.17, 15) is 5.11 Å². The van der Waals surface area contributed by atoms with Gasteiger partial charge in [0.05, 0.1) is 32.0 Å². The average molecular weight is 281 g/mol. The van der Waals surface area contributed by atoms with Gasteiger partial charge < -0.3 is 19.9 Å². The smallest absolute Gasteiger partial charge is 0.0897 e. The lowest BCUT2D eigenvalue weighted by molar-refractivity contribution is -0.0104. The molecule has 0 spiro atoms. The molecule has 0 aromatic heterocycles. The molecule has 0 saturated heterocycles. The Morgan fingerprint density at radius 2 is 1.80 bits per heavy atom. The quantitative estimate of drug-likeness (QED) is 0.645. The summed E-state index contributed by atoms with van der Waals surface area (Å²) in [7, 11) is 0. The molecule has 4 nitrogen and oxygen atoms in total. The van der Waals surface area contributed by atoms with Crippen LogP contribution in [0.5, 0.6) is 0 Å². The van der Waals surface area contributed by atoms with Crippen LogP contribution in [0.15, 0.2) is 30.3 Å². The van der Waals surface area contributed by atoms with Crippen molar-refractivity contribution in [3.63, 3.8) is 0 Å². The highest BCUT2D eigenvalue weighted by Gasteiger charge is 2.08. The maximum Gasteiger partial charge on any atom is 0.0897 e. The third-order valence-corrected chi connectivity index (χ3v) is 2.95. The molecule has 2 atom stereocenters. The van der Waals surface area contributed by atoms with Crippen molar-refractivity contribution >= 4 is 0 Å². The van der Waals surface area contributed by atoms with Gasteiger partial charge in [0.2, 0.25) is 0 Å². The summed E-state index contributed by atoms with van der Waals surface area (Å²) in [5.41, 5.74) is 1.21. The molecule has 1 aromatic carbocycles. The highest BCUT2D eigenvalue weighted by molar-refractivity contribution is 5.17. The molecule has 1 rings (SSSR count). The van der Waals surface area contributed by atoms with Crippen LogP contribution < -0.4 is 5.32 Å². The van der Waals surface area contributed by atoms with Crippen molar-refractivity contribution in [2.45, 2.75) is 39.0 Å². The van der Waals surface area contributed by atoms with Crippen LogP contribution in [0.3, 0.4) is 0 Å². The first kappa shape index (κ1) is 17.1. The summed E-state index contributed by atoms with van der Waals surface area (Å²) < 4.78 is 10.7. The second-order valence-corrected chi connectivity index (χ2v) is 5.19. The van der Waals surface area contributed by atoms with E-state index in [-0.39, 0.29) is 12.1 Å². The van der Waals surface area contributed by atoms with Gasteiger partial charge in [-0.25, -0.2) is 0 Å². The van der Waals surface area contributed by atoms with Crippen LogP contribution in [-0.2, 0) is 9.47 Å². The Balaban J connectivity index is 2.09. The van der Waals surface area contributed by atoms with Gasteiger partial charge in [-0.2, -0.15) is 0 Å². The topological polar surface area (TPSA) is 50.7 Å². The number of aliphatic hydroxyl groups excluding tert-OH is 1. The van der Waals surface area contributed by atoms with Crippen molar-refractivity contribution in [2.24, 2.45) is 0 Å². The Hall–Kier alpha value is -0.940. The van der Waals surface area contributed by atoms with E-state index in [0.717, 1.165) is 0 Å². The molecule has 0 amide bonds. The van der Waals surface area contributed by atoms with E-state index in [1.54, 1.807) is 0 Å². The fourth-order valence-corrected chi connectivity index (χ4v) is 1.79. The first-order valence-corrected chi connectivity index (χ1v) is 7.25. The van der Waals surface area contributed by atoms with Crippen LogP contribution in [0.25, 0.3) is 0 Å². The normalized spacial score (nSPS) is 14.4. The van der Waals surface area contributed by atoms with E-state index < -0.39 is 6.10 Å². The minimum absolute atomic E-state index is 0.218. The molecule has 0 aliphatic rings. The van der Waals surface area contributed by atoms with Gasteiger partial charge in [0, 0.05) is 12.6 Å². The minimum Gasteiger partial charge on any atom is -0.389 e. The fraction of sp³-hybridized carbons (Fsp3) is 0.625. The molecular formula is C16H27NO3. The van der Waals surface area contributed by atoms with Crippen LogP contribution in [0.4, 0.5) is 0 Å². The van der Waals surface area contributed by atoms with Crippen LogP contribution in [0, 0.1) is 0 Å². The van der Waals surface area contributed by atoms with Crippen molar-refractivity contribution in [3.8, 4) is 0 Å². The zero-order valence-electron chi connectivity index (χ0n) is 12.7. The maximum atomic E-state index is 9.83. The summed E-state index contributed by atoms with van der Waals surface area (Å²) >= 11 is 0. The molecule has 0 aliphatic heterocycles. The van der Waals surface area contributed by atoms with E-state index in [1.807, 2.05) is 32.0 Å². The summed E-state index contributed by atoms with van der Waals surface area (Å²) in [6, 6.07) is 10.4. The predicted molar refractivity (Wildman–Crippen MR) is 80.8 cm³/mol. The second kappa shape index (κ2) is 9.88. The third-order valence-electron chi connectivity index (χ3n) is 2.95. The van der Waals surface area contributed by atoms with Gasteiger partial charge in [-0.1, -0.05) is 30.3 Å². The Kier molecular flexibility index (Phi) is 8.46. The van der Waals surface area contributed by atoms with Crippen molar-refractivity contribution in [3.05, 3.63) is 35.9 Å². The molecule has 0 aliphatic carbocycles. The maximum absolute atomic E-state index is 9.83. The highest BCUT2D eigenvalue weighted by Crippen LogP contribution is 2.10. The van der Waals surface area contributed by atoms with Crippen molar-refractivity contribution in [2.75, 3.05) is 26.4 Å². The lowest BCUT2D eigenvalue weighted by Crippen LogP contribution is -2.32. The molecule has 0 heterocycles. The van der Waals surface area contributed by atoms with Crippen LogP contribution in [0.2, 0.25) is 0 Å². The molecule has 4 heteroatoms. The van der Waals surface area contributed by atoms with E-state index in [4.69, 9.17) is 9.47 Å². The summed E-state index contributed by atoms with van der Waals surface area (Å²) in [6.07, 6.45) is -0.280. The van der Waals surface area contributed by atoms with Gasteiger partial charge >= 0.3 is 0 Å². The van der Waals surface area contributed by atoms with Gasteiger partial charge in [0.25, 0.3) is 0 Å². The standard InChI is InChI=1S/C16H27NO3/c1-13(2)20-10-9-19-12-16(18)11-17-14(3)15-7-5-4-6-8-15/h4-8,13-14,16-18H,9-12H2,1-3H3. The number of hydrogen-bond acceptors (Lipinski definition) is 4. The van der Waals surface area contributed by atoms with E-state index in [1.165, 1.54) is 5.56 Å². The molecule has 0 radical (unpaired) electrons. The fourth-order valence-electron chi connectivity index (χ4n) is 1.79. The molecule has 0 bridgehead atoms. The van der Waals surface area contributed by atoms with E-state index in [0.29, 0.717) is 26.4 Å². The van der Waals surface area contributed by atoms with Gasteiger partial charge in [-0.15, -0.1) is 0 Å². The van der Waals surface area contributed by atoms with Crippen LogP contribution in [0.1, 0.15) is 32.4 Å². The van der Waals surface area contributed by atoms with Crippen LogP contribution in [-0.4, -0.2) is 43.7 Å². The molecule has 20 heavy (non-hydrogen) atoms. The van der Waals surface area contributed by atoms with Crippen molar-refractivity contribution < 1.29 is 14.6 Å². The zero-order valence-corrected chi connectivity index (χ0v) is 12.7. The van der Waals surface area contributed by atoms with Gasteiger partial charge in [-0.3, -0.25) is 0 Å². The number of nitrogens with one attached hydrogen (secondary N) is 1. The Morgan fingerprint density at radius 3 is 2.45 bits per heavy atom. The summed E-state index contributed by atoms with van der Waals surface area (Å²) in [4.78, 5) is 0. The third kappa shape index (κ3) is 7.60. The van der Waals surface area contributed by atoms with Gasteiger partial charge in [-0.05, 0) is 26.3 Å². The molecule has 1 aromatic rings. The van der Waals surface area contributed by atoms with E-state index in [2.05, 4.69) is 24.4 Å². The Bertz CT molecular complexity index is 343. The SMILES string of the molecule is CC(C)OCCOCC(O)CNC(C)c1ccccc1. The van der Waals surface area contributed by atoms with Gasteiger partial charge in [0.1, 0.15) is 0 Å². The molecular weight excluding hydrogens is 254 g/mol. The first-order chi connectivity index (χ1) is 9.59. The monoisotopic (exact) mass is 281 g/mol. The first-order valence-electron chi connectivity index (χ1n) is 7.25.